The van der Waals surface area contributed by atoms with Crippen molar-refractivity contribution in [3.63, 3.8) is 0 Å². The first-order valence-electron chi connectivity index (χ1n) is 28.3. The summed E-state index contributed by atoms with van der Waals surface area (Å²) in [6.45, 7) is 14.0. The van der Waals surface area contributed by atoms with Crippen molar-refractivity contribution in [2.75, 3.05) is 4.90 Å². The first-order chi connectivity index (χ1) is 39.0. The van der Waals surface area contributed by atoms with Crippen LogP contribution in [0.3, 0.4) is 0 Å². The summed E-state index contributed by atoms with van der Waals surface area (Å²) in [5, 5.41) is 7.91. The van der Waals surface area contributed by atoms with E-state index in [1.165, 1.54) is 116 Å². The Hall–Kier alpha value is -9.32. The molecule has 4 heterocycles. The zero-order valence-corrected chi connectivity index (χ0v) is 46.1. The second kappa shape index (κ2) is 18.1. The smallest absolute Gasteiger partial charge is 0.333 e. The highest BCUT2D eigenvalue weighted by Gasteiger charge is 2.45. The quantitative estimate of drug-likeness (QED) is 0.115. The zero-order valence-electron chi connectivity index (χ0n) is 46.1. The van der Waals surface area contributed by atoms with Crippen molar-refractivity contribution < 1.29 is 4.70 Å². The minimum absolute atomic E-state index is 0.0333. The van der Waals surface area contributed by atoms with E-state index in [4.69, 9.17) is 5.11 Å². The Balaban J connectivity index is 1.07. The van der Waals surface area contributed by atoms with Crippen LogP contribution in [0.25, 0.3) is 77.4 Å². The summed E-state index contributed by atoms with van der Waals surface area (Å²) >= 11 is 0. The second-order valence-corrected chi connectivity index (χ2v) is 24.2. The summed E-state index contributed by atoms with van der Waals surface area (Å²) in [4.78, 5) is 2.60. The molecule has 1 unspecified atom stereocenters. The van der Waals surface area contributed by atoms with Gasteiger partial charge in [-0.15, -0.1) is 0 Å². The Morgan fingerprint density at radius 2 is 1.02 bits per heavy atom. The number of rotatable bonds is 7. The number of hydrogen-bond acceptors (Lipinski definition) is 2. The molecule has 0 N–H and O–H groups in total. The zero-order chi connectivity index (χ0) is 54.0. The van der Waals surface area contributed by atoms with Crippen LogP contribution in [0.1, 0.15) is 69.8 Å². The molecule has 0 saturated carbocycles. The lowest BCUT2D eigenvalue weighted by molar-refractivity contribution is -0.536. The Bertz CT molecular complexity index is 4410. The van der Waals surface area contributed by atoms with Gasteiger partial charge < -0.3 is 9.38 Å². The fourth-order valence-electron chi connectivity index (χ4n) is 13.3. The molecule has 0 amide bonds. The molecular weight excluding hydrogens is 968 g/mol. The van der Waals surface area contributed by atoms with Crippen molar-refractivity contribution in [2.24, 2.45) is 5.11 Å². The maximum atomic E-state index is 5.30. The van der Waals surface area contributed by atoms with E-state index in [2.05, 4.69) is 304 Å². The number of hydrogen-bond donors (Lipinski definition) is 0. The molecule has 1 aromatic heterocycles. The third-order valence-electron chi connectivity index (χ3n) is 17.2. The molecule has 0 fully saturated rings. The van der Waals surface area contributed by atoms with Crippen molar-refractivity contribution in [2.45, 2.75) is 58.4 Å². The molecule has 11 aromatic carbocycles. The third-order valence-corrected chi connectivity index (χ3v) is 17.2. The molecule has 0 saturated heterocycles. The van der Waals surface area contributed by atoms with E-state index in [9.17, 15) is 0 Å². The SMILES string of the molecule is CC(C)(C)c1ccc2c(c1)c1cc(C(C)(C)C)cc3c1n2B1c2ccccc2N(c2cc(-c4ccccc4)cc(-c4ccccc4)c2)c2cc(-c4ccc([N+]5=Nc6ccccc6C5c5ccccc5)cc4)c(-c4ccccc4)c-3c21. The summed E-state index contributed by atoms with van der Waals surface area (Å²) in [6.07, 6.45) is 0. The van der Waals surface area contributed by atoms with Gasteiger partial charge in [-0.2, -0.15) is 0 Å². The fourth-order valence-corrected chi connectivity index (χ4v) is 13.3. The summed E-state index contributed by atoms with van der Waals surface area (Å²) in [5.74, 6) is 0. The predicted octanol–water partition coefficient (Wildman–Crippen LogP) is 19.0. The van der Waals surface area contributed by atoms with Crippen molar-refractivity contribution in [1.82, 2.24) is 4.48 Å². The number of fused-ring (bicyclic) bond motifs is 8. The largest absolute Gasteiger partial charge is 0.375 e. The Labute approximate surface area is 469 Å². The molecule has 382 valence electrons. The normalized spacial score (nSPS) is 14.3. The van der Waals surface area contributed by atoms with Crippen molar-refractivity contribution in [3.8, 4) is 55.6 Å². The average molecular weight is 1030 g/mol. The maximum Gasteiger partial charge on any atom is 0.333 e. The topological polar surface area (TPSA) is 23.5 Å². The van der Waals surface area contributed by atoms with E-state index in [-0.39, 0.29) is 23.7 Å². The Morgan fingerprint density at radius 1 is 0.438 bits per heavy atom. The number of azo groups is 2. The summed E-state index contributed by atoms with van der Waals surface area (Å²) < 4.78 is 4.94. The van der Waals surface area contributed by atoms with Gasteiger partial charge in [-0.25, -0.2) is 0 Å². The first kappa shape index (κ1) is 47.9. The molecule has 12 aromatic rings. The average Bonchev–Trinajstić information content (AvgIpc) is 2.22. The van der Waals surface area contributed by atoms with Crippen LogP contribution in [0, 0.1) is 0 Å². The second-order valence-electron chi connectivity index (χ2n) is 24.2. The summed E-state index contributed by atoms with van der Waals surface area (Å²) in [5.41, 5.74) is 27.5. The Morgan fingerprint density at radius 3 is 1.69 bits per heavy atom. The third kappa shape index (κ3) is 7.58. The van der Waals surface area contributed by atoms with Crippen LogP contribution in [0.4, 0.5) is 28.4 Å². The van der Waals surface area contributed by atoms with Crippen LogP contribution < -0.4 is 15.8 Å². The van der Waals surface area contributed by atoms with Crippen LogP contribution in [-0.2, 0) is 10.8 Å². The van der Waals surface area contributed by atoms with Gasteiger partial charge in [-0.05, 0) is 162 Å². The molecule has 15 rings (SSSR count). The first-order valence-corrected chi connectivity index (χ1v) is 28.3. The number of anilines is 3. The maximum absolute atomic E-state index is 5.30. The summed E-state index contributed by atoms with van der Waals surface area (Å²) in [7, 11) is 0. The van der Waals surface area contributed by atoms with Gasteiger partial charge in [-0.3, -0.25) is 0 Å². The fraction of sp³-hybridized carbons (Fsp3) is 0.120. The molecule has 3 aliphatic rings. The lowest BCUT2D eigenvalue weighted by Crippen LogP contribution is -2.56. The molecule has 0 spiro atoms. The van der Waals surface area contributed by atoms with Gasteiger partial charge in [0.15, 0.2) is 0 Å². The van der Waals surface area contributed by atoms with Gasteiger partial charge in [0.25, 0.3) is 0 Å². The molecule has 0 aliphatic carbocycles. The predicted molar refractivity (Wildman–Crippen MR) is 336 cm³/mol. The Kier molecular flexibility index (Phi) is 10.8. The van der Waals surface area contributed by atoms with Crippen molar-refractivity contribution >= 4 is 68.0 Å². The monoisotopic (exact) mass is 1030 g/mol. The highest BCUT2D eigenvalue weighted by molar-refractivity contribution is 6.90. The van der Waals surface area contributed by atoms with Crippen LogP contribution in [0.2, 0.25) is 0 Å². The molecule has 4 nitrogen and oxygen atoms in total. The molecule has 0 radical (unpaired) electrons. The van der Waals surface area contributed by atoms with Crippen LogP contribution >= 0.6 is 0 Å². The van der Waals surface area contributed by atoms with E-state index in [1.54, 1.807) is 0 Å². The van der Waals surface area contributed by atoms with Gasteiger partial charge >= 0.3 is 6.85 Å². The van der Waals surface area contributed by atoms with Crippen LogP contribution in [0.5, 0.6) is 0 Å². The van der Waals surface area contributed by atoms with E-state index in [0.29, 0.717) is 0 Å². The van der Waals surface area contributed by atoms with Crippen molar-refractivity contribution in [3.05, 3.63) is 271 Å². The standard InChI is InChI=1S/C75H60BN4/c1-74(2,3)55-37-40-66-61(44-55)62-45-56(75(4,5)6)46-63-70-69(51-27-15-9-16-28-51)60(50-35-38-57(39-36-50)80-72(52-29-17-10-18-30-52)59-31-19-21-33-65(59)77-80)47-68-71(70)76(79(66)73(62)63)64-32-20-22-34-67(64)78(68)58-42-53(48-23-11-7-12-24-48)41-54(43-58)49-25-13-8-14-26-49/h7-47,72H,1-6H3/q+1. The lowest BCUT2D eigenvalue weighted by Gasteiger charge is -2.42. The van der Waals surface area contributed by atoms with Crippen LogP contribution in [0.15, 0.2) is 254 Å². The minimum Gasteiger partial charge on any atom is -0.375 e. The molecule has 3 aliphatic heterocycles. The van der Waals surface area contributed by atoms with Gasteiger partial charge in [0.2, 0.25) is 11.7 Å². The van der Waals surface area contributed by atoms with E-state index in [1.807, 2.05) is 0 Å². The van der Waals surface area contributed by atoms with Gasteiger partial charge in [0.1, 0.15) is 5.69 Å². The highest BCUT2D eigenvalue weighted by Crippen LogP contribution is 2.53. The van der Waals surface area contributed by atoms with E-state index in [0.717, 1.165) is 22.6 Å². The highest BCUT2D eigenvalue weighted by atomic mass is 15.3. The molecule has 80 heavy (non-hydrogen) atoms. The number of para-hydroxylation sites is 1. The van der Waals surface area contributed by atoms with Gasteiger partial charge in [-0.1, -0.05) is 204 Å². The lowest BCUT2D eigenvalue weighted by atomic mass is 9.44. The minimum atomic E-state index is -0.140. The number of nitrogens with zero attached hydrogens (tertiary/aromatic N) is 4. The summed E-state index contributed by atoms with van der Waals surface area (Å²) in [6, 6.07) is 92.9. The van der Waals surface area contributed by atoms with Crippen LogP contribution in [-0.4, -0.2) is 16.0 Å². The van der Waals surface area contributed by atoms with Gasteiger partial charge in [0.05, 0.1) is 5.56 Å². The van der Waals surface area contributed by atoms with Crippen molar-refractivity contribution in [1.29, 1.82) is 0 Å². The molecule has 5 heteroatoms. The van der Waals surface area contributed by atoms with E-state index >= 15 is 0 Å². The molecule has 1 atom stereocenters. The molecular formula is C75H60BN4+. The number of benzene rings is 11. The number of aromatic nitrogens is 1. The molecule has 0 bridgehead atoms. The van der Waals surface area contributed by atoms with Gasteiger partial charge in [0, 0.05) is 67.2 Å². The van der Waals surface area contributed by atoms with E-state index < -0.39 is 0 Å².